The Morgan fingerprint density at radius 1 is 1.24 bits per heavy atom. The summed E-state index contributed by atoms with van der Waals surface area (Å²) in [6.07, 6.45) is 3.06. The van der Waals surface area contributed by atoms with Gasteiger partial charge in [-0.25, -0.2) is 9.78 Å². The molecular formula is C17H16BrN3O4. The molecule has 0 saturated carbocycles. The molecule has 0 aromatic carbocycles. The standard InChI is InChI=1S/C17H16BrN3O4/c1-17(2,3)16(24)25-21-8-10(9-6-5-7-19-13(9)21)11-12(18)15(23)20(4)14(11)22/h5-8H,1-4H3. The van der Waals surface area contributed by atoms with Crippen molar-refractivity contribution in [1.29, 1.82) is 0 Å². The van der Waals surface area contributed by atoms with E-state index >= 15 is 0 Å². The van der Waals surface area contributed by atoms with Crippen LogP contribution in [0.1, 0.15) is 26.3 Å². The predicted octanol–water partition coefficient (Wildman–Crippen LogP) is 2.14. The first kappa shape index (κ1) is 17.3. The Balaban J connectivity index is 2.17. The molecule has 0 N–H and O–H groups in total. The third-order valence-electron chi connectivity index (χ3n) is 3.83. The molecule has 2 aromatic rings. The number of imide groups is 1. The van der Waals surface area contributed by atoms with Crippen LogP contribution in [0.4, 0.5) is 0 Å². The smallest absolute Gasteiger partial charge is 0.334 e. The van der Waals surface area contributed by atoms with Gasteiger partial charge in [0.15, 0.2) is 5.65 Å². The van der Waals surface area contributed by atoms with Gasteiger partial charge < -0.3 is 4.84 Å². The van der Waals surface area contributed by atoms with E-state index in [1.807, 2.05) is 0 Å². The summed E-state index contributed by atoms with van der Waals surface area (Å²) in [4.78, 5) is 47.4. The number of rotatable bonds is 2. The third kappa shape index (κ3) is 2.76. The fourth-order valence-corrected chi connectivity index (χ4v) is 3.02. The normalized spacial score (nSPS) is 15.5. The van der Waals surface area contributed by atoms with Crippen LogP contribution in [0.15, 0.2) is 29.0 Å². The van der Waals surface area contributed by atoms with Crippen molar-refractivity contribution in [2.75, 3.05) is 7.05 Å². The maximum absolute atomic E-state index is 12.4. The average Bonchev–Trinajstić information content (AvgIpc) is 2.99. The molecule has 25 heavy (non-hydrogen) atoms. The van der Waals surface area contributed by atoms with Crippen LogP contribution in [0, 0.1) is 5.41 Å². The molecule has 2 aromatic heterocycles. The lowest BCUT2D eigenvalue weighted by Crippen LogP contribution is -2.31. The van der Waals surface area contributed by atoms with Crippen molar-refractivity contribution in [2.45, 2.75) is 20.8 Å². The van der Waals surface area contributed by atoms with Crippen LogP contribution >= 0.6 is 15.9 Å². The number of nitrogens with zero attached hydrogens (tertiary/aromatic N) is 3. The van der Waals surface area contributed by atoms with Gasteiger partial charge in [-0.05, 0) is 48.8 Å². The number of hydrogen-bond acceptors (Lipinski definition) is 5. The Morgan fingerprint density at radius 2 is 1.92 bits per heavy atom. The van der Waals surface area contributed by atoms with Gasteiger partial charge in [0.2, 0.25) is 0 Å². The summed E-state index contributed by atoms with van der Waals surface area (Å²) in [5.74, 6) is -1.29. The average molecular weight is 406 g/mol. The van der Waals surface area contributed by atoms with Gasteiger partial charge in [0.25, 0.3) is 11.8 Å². The molecule has 7 nitrogen and oxygen atoms in total. The summed E-state index contributed by atoms with van der Waals surface area (Å²) < 4.78 is 1.41. The largest absolute Gasteiger partial charge is 0.338 e. The number of aromatic nitrogens is 2. The van der Waals surface area contributed by atoms with E-state index in [0.717, 1.165) is 4.90 Å². The molecular weight excluding hydrogens is 390 g/mol. The summed E-state index contributed by atoms with van der Waals surface area (Å²) in [5.41, 5.74) is 0.373. The highest BCUT2D eigenvalue weighted by Gasteiger charge is 2.37. The van der Waals surface area contributed by atoms with Crippen molar-refractivity contribution in [3.63, 3.8) is 0 Å². The van der Waals surface area contributed by atoms with E-state index in [4.69, 9.17) is 4.84 Å². The van der Waals surface area contributed by atoms with Gasteiger partial charge in [0, 0.05) is 24.2 Å². The second-order valence-corrected chi connectivity index (χ2v) is 7.52. The minimum atomic E-state index is -0.704. The highest BCUT2D eigenvalue weighted by Crippen LogP contribution is 2.36. The molecule has 8 heteroatoms. The van der Waals surface area contributed by atoms with Crippen LogP contribution in [0.25, 0.3) is 16.6 Å². The Kier molecular flexibility index (Phi) is 4.03. The van der Waals surface area contributed by atoms with Gasteiger partial charge >= 0.3 is 5.97 Å². The lowest BCUT2D eigenvalue weighted by molar-refractivity contribution is -0.152. The van der Waals surface area contributed by atoms with Crippen LogP contribution < -0.4 is 4.84 Å². The second kappa shape index (κ2) is 5.80. The Morgan fingerprint density at radius 3 is 2.48 bits per heavy atom. The Hall–Kier alpha value is -2.48. The van der Waals surface area contributed by atoms with E-state index < -0.39 is 23.2 Å². The molecule has 130 valence electrons. The number of halogens is 1. The number of likely N-dealkylation sites (N-methyl/N-ethyl adjacent to an activating group) is 1. The molecule has 3 rings (SSSR count). The zero-order valence-corrected chi connectivity index (χ0v) is 15.7. The molecule has 0 atom stereocenters. The fraction of sp³-hybridized carbons (Fsp3) is 0.294. The molecule has 0 spiro atoms. The number of carbonyl (C=O) groups is 3. The van der Waals surface area contributed by atoms with Crippen molar-refractivity contribution in [2.24, 2.45) is 5.41 Å². The molecule has 1 aliphatic rings. The maximum atomic E-state index is 12.4. The van der Waals surface area contributed by atoms with Crippen LogP contribution in [0.3, 0.4) is 0 Å². The number of pyridine rings is 1. The van der Waals surface area contributed by atoms with Crippen LogP contribution in [-0.4, -0.2) is 39.4 Å². The van der Waals surface area contributed by atoms with Gasteiger partial charge in [-0.15, -0.1) is 0 Å². The van der Waals surface area contributed by atoms with Crippen molar-refractivity contribution in [3.8, 4) is 0 Å². The monoisotopic (exact) mass is 405 g/mol. The van der Waals surface area contributed by atoms with Gasteiger partial charge in [0.05, 0.1) is 21.7 Å². The van der Waals surface area contributed by atoms with Gasteiger partial charge in [0.1, 0.15) is 0 Å². The molecule has 0 radical (unpaired) electrons. The zero-order chi connectivity index (χ0) is 18.5. The Labute approximate surface area is 152 Å². The van der Waals surface area contributed by atoms with Crippen molar-refractivity contribution in [3.05, 3.63) is 34.6 Å². The van der Waals surface area contributed by atoms with E-state index in [9.17, 15) is 14.4 Å². The van der Waals surface area contributed by atoms with Crippen molar-refractivity contribution >= 4 is 50.3 Å². The van der Waals surface area contributed by atoms with Crippen LogP contribution in [0.2, 0.25) is 0 Å². The molecule has 3 heterocycles. The molecule has 0 saturated heterocycles. The molecule has 0 unspecified atom stereocenters. The van der Waals surface area contributed by atoms with Crippen LogP contribution in [0.5, 0.6) is 0 Å². The summed E-state index contributed by atoms with van der Waals surface area (Å²) >= 11 is 3.20. The van der Waals surface area contributed by atoms with E-state index in [2.05, 4.69) is 20.9 Å². The first-order valence-electron chi connectivity index (χ1n) is 7.54. The van der Waals surface area contributed by atoms with Gasteiger partial charge in [-0.1, -0.05) is 0 Å². The lowest BCUT2D eigenvalue weighted by atomic mass is 9.98. The number of carbonyl (C=O) groups excluding carboxylic acids is 3. The molecule has 0 fully saturated rings. The van der Waals surface area contributed by atoms with Gasteiger partial charge in [-0.3, -0.25) is 14.5 Å². The molecule has 0 aliphatic carbocycles. The van der Waals surface area contributed by atoms with E-state index in [1.165, 1.54) is 18.0 Å². The topological polar surface area (TPSA) is 81.5 Å². The molecule has 2 amide bonds. The molecule has 1 aliphatic heterocycles. The van der Waals surface area contributed by atoms with E-state index in [1.54, 1.807) is 39.1 Å². The molecule has 0 bridgehead atoms. The van der Waals surface area contributed by atoms with Gasteiger partial charge in [-0.2, -0.15) is 4.73 Å². The van der Waals surface area contributed by atoms with E-state index in [0.29, 0.717) is 16.6 Å². The summed E-state index contributed by atoms with van der Waals surface area (Å²) in [6.45, 7) is 5.22. The van der Waals surface area contributed by atoms with Crippen molar-refractivity contribution in [1.82, 2.24) is 14.6 Å². The minimum Gasteiger partial charge on any atom is -0.334 e. The van der Waals surface area contributed by atoms with Crippen LogP contribution in [-0.2, 0) is 14.4 Å². The van der Waals surface area contributed by atoms with E-state index in [-0.39, 0.29) is 10.1 Å². The first-order valence-corrected chi connectivity index (χ1v) is 8.33. The van der Waals surface area contributed by atoms with Crippen molar-refractivity contribution < 1.29 is 19.2 Å². The number of fused-ring (bicyclic) bond motifs is 1. The zero-order valence-electron chi connectivity index (χ0n) is 14.2. The maximum Gasteiger partial charge on any atom is 0.338 e. The SMILES string of the molecule is CN1C(=O)C(Br)=C(c2cn(OC(=O)C(C)(C)C)c3ncccc23)C1=O. The fourth-order valence-electron chi connectivity index (χ4n) is 2.37. The predicted molar refractivity (Wildman–Crippen MR) is 94.4 cm³/mol. The first-order chi connectivity index (χ1) is 11.6. The third-order valence-corrected chi connectivity index (χ3v) is 4.56. The highest BCUT2D eigenvalue weighted by atomic mass is 79.9. The summed E-state index contributed by atoms with van der Waals surface area (Å²) in [6, 6.07) is 3.46. The highest BCUT2D eigenvalue weighted by molar-refractivity contribution is 9.12. The lowest BCUT2D eigenvalue weighted by Gasteiger charge is -2.16. The summed E-state index contributed by atoms with van der Waals surface area (Å²) in [5, 5.41) is 0.604. The quantitative estimate of drug-likeness (QED) is 0.714. The number of hydrogen-bond donors (Lipinski definition) is 0. The second-order valence-electron chi connectivity index (χ2n) is 6.73. The Bertz CT molecular complexity index is 952. The number of amides is 2. The minimum absolute atomic E-state index is 0.171. The summed E-state index contributed by atoms with van der Waals surface area (Å²) in [7, 11) is 1.41.